The summed E-state index contributed by atoms with van der Waals surface area (Å²) in [6.07, 6.45) is 1.58. The molecule has 0 aliphatic rings. The Morgan fingerprint density at radius 2 is 1.72 bits per heavy atom. The van der Waals surface area contributed by atoms with Gasteiger partial charge in [-0.3, -0.25) is 9.59 Å². The second-order valence-electron chi connectivity index (χ2n) is 7.17. The lowest BCUT2D eigenvalue weighted by molar-refractivity contribution is 0.0929. The number of carbonyl (C=O) groups excluding carboxylic acids is 1. The lowest BCUT2D eigenvalue weighted by Crippen LogP contribution is -2.36. The summed E-state index contributed by atoms with van der Waals surface area (Å²) in [6.45, 7) is 0.967. The van der Waals surface area contributed by atoms with E-state index in [4.69, 9.17) is 11.6 Å². The zero-order chi connectivity index (χ0) is 20.8. The minimum atomic E-state index is -0.228. The number of carbonyl (C=O) groups is 1. The van der Waals surface area contributed by atoms with Crippen molar-refractivity contribution in [2.45, 2.75) is 12.6 Å². The van der Waals surface area contributed by atoms with E-state index < -0.39 is 0 Å². The van der Waals surface area contributed by atoms with Crippen LogP contribution in [0.2, 0.25) is 5.02 Å². The van der Waals surface area contributed by atoms with Gasteiger partial charge in [0.1, 0.15) is 0 Å². The lowest BCUT2D eigenvalue weighted by atomic mass is 10.1. The van der Waals surface area contributed by atoms with Crippen LogP contribution in [0.1, 0.15) is 27.5 Å². The van der Waals surface area contributed by atoms with E-state index in [1.165, 1.54) is 10.6 Å². The Bertz CT molecular complexity index is 1030. The first-order valence-electron chi connectivity index (χ1n) is 9.38. The first kappa shape index (κ1) is 20.8. The first-order valence-corrected chi connectivity index (χ1v) is 9.76. The quantitative estimate of drug-likeness (QED) is 0.648. The van der Waals surface area contributed by atoms with E-state index in [-0.39, 0.29) is 17.5 Å². The molecule has 3 aromatic rings. The van der Waals surface area contributed by atoms with Crippen molar-refractivity contribution in [3.63, 3.8) is 0 Å². The van der Waals surface area contributed by atoms with Gasteiger partial charge in [0.05, 0.1) is 18.2 Å². The van der Waals surface area contributed by atoms with Gasteiger partial charge in [-0.15, -0.1) is 0 Å². The predicted octanol–water partition coefficient (Wildman–Crippen LogP) is 3.58. The molecule has 1 heterocycles. The number of nitrogens with one attached hydrogen (secondary N) is 1. The van der Waals surface area contributed by atoms with E-state index in [1.807, 2.05) is 67.5 Å². The summed E-state index contributed by atoms with van der Waals surface area (Å²) in [7, 11) is 3.93. The number of benzene rings is 2. The molecule has 1 N–H and O–H groups in total. The van der Waals surface area contributed by atoms with Crippen molar-refractivity contribution in [2.24, 2.45) is 0 Å². The third-order valence-corrected chi connectivity index (χ3v) is 4.97. The molecule has 150 valence electrons. The van der Waals surface area contributed by atoms with E-state index >= 15 is 0 Å². The van der Waals surface area contributed by atoms with Gasteiger partial charge in [-0.25, -0.2) is 0 Å². The third kappa shape index (κ3) is 5.56. The van der Waals surface area contributed by atoms with Crippen molar-refractivity contribution >= 4 is 17.5 Å². The van der Waals surface area contributed by atoms with Crippen molar-refractivity contribution in [1.82, 2.24) is 14.8 Å². The molecule has 0 saturated carbocycles. The molecular formula is C23H24ClN3O2. The van der Waals surface area contributed by atoms with Gasteiger partial charge in [-0.2, -0.15) is 0 Å². The third-order valence-electron chi connectivity index (χ3n) is 4.60. The minimum absolute atomic E-state index is 0.164. The summed E-state index contributed by atoms with van der Waals surface area (Å²) in [6, 6.07) is 20.0. The van der Waals surface area contributed by atoms with Crippen LogP contribution in [0.4, 0.5) is 0 Å². The maximum absolute atomic E-state index is 12.9. The van der Waals surface area contributed by atoms with Gasteiger partial charge in [0, 0.05) is 23.8 Å². The molecule has 1 amide bonds. The summed E-state index contributed by atoms with van der Waals surface area (Å²) in [4.78, 5) is 27.2. The smallest absolute Gasteiger partial charge is 0.253 e. The highest BCUT2D eigenvalue weighted by Gasteiger charge is 2.17. The van der Waals surface area contributed by atoms with Gasteiger partial charge in [0.25, 0.3) is 11.5 Å². The second-order valence-corrected chi connectivity index (χ2v) is 7.58. The van der Waals surface area contributed by atoms with E-state index in [0.29, 0.717) is 23.7 Å². The van der Waals surface area contributed by atoms with E-state index in [2.05, 4.69) is 5.32 Å². The van der Waals surface area contributed by atoms with Crippen LogP contribution in [0.25, 0.3) is 0 Å². The highest BCUT2D eigenvalue weighted by atomic mass is 35.5. The van der Waals surface area contributed by atoms with E-state index in [1.54, 1.807) is 18.3 Å². The summed E-state index contributed by atoms with van der Waals surface area (Å²) < 4.78 is 1.50. The van der Waals surface area contributed by atoms with Crippen molar-refractivity contribution in [1.29, 1.82) is 0 Å². The molecule has 1 atom stereocenters. The Morgan fingerprint density at radius 1 is 1.03 bits per heavy atom. The molecule has 3 rings (SSSR count). The molecule has 0 saturated heterocycles. The van der Waals surface area contributed by atoms with Crippen LogP contribution in [0.3, 0.4) is 0 Å². The average molecular weight is 410 g/mol. The number of hydrogen-bond donors (Lipinski definition) is 1. The number of rotatable bonds is 7. The fourth-order valence-corrected chi connectivity index (χ4v) is 3.32. The summed E-state index contributed by atoms with van der Waals surface area (Å²) in [5, 5.41) is 3.67. The number of pyridine rings is 1. The minimum Gasteiger partial charge on any atom is -0.344 e. The van der Waals surface area contributed by atoms with Gasteiger partial charge in [0.2, 0.25) is 0 Å². The van der Waals surface area contributed by atoms with Gasteiger partial charge < -0.3 is 14.8 Å². The highest BCUT2D eigenvalue weighted by molar-refractivity contribution is 6.31. The number of halogens is 1. The standard InChI is InChI=1S/C23H24ClN3O2/c1-26(2)16-21(17-8-4-3-5-9-17)25-23(29)19-12-13-22(28)27(15-19)14-18-10-6-7-11-20(18)24/h3-13,15,21H,14,16H2,1-2H3,(H,25,29). The maximum Gasteiger partial charge on any atom is 0.253 e. The molecule has 0 spiro atoms. The Labute approximate surface area is 175 Å². The number of likely N-dealkylation sites (N-methyl/N-ethyl adjacent to an activating group) is 1. The van der Waals surface area contributed by atoms with Crippen LogP contribution >= 0.6 is 11.6 Å². The number of amides is 1. The van der Waals surface area contributed by atoms with Gasteiger partial charge in [-0.1, -0.05) is 60.1 Å². The summed E-state index contributed by atoms with van der Waals surface area (Å²) in [5.74, 6) is -0.228. The molecule has 0 fully saturated rings. The van der Waals surface area contributed by atoms with Crippen molar-refractivity contribution in [2.75, 3.05) is 20.6 Å². The van der Waals surface area contributed by atoms with Gasteiger partial charge in [0.15, 0.2) is 0 Å². The fourth-order valence-electron chi connectivity index (χ4n) is 3.13. The fraction of sp³-hybridized carbons (Fsp3) is 0.217. The van der Waals surface area contributed by atoms with Crippen molar-refractivity contribution in [3.8, 4) is 0 Å². The molecular weight excluding hydrogens is 386 g/mol. The summed E-state index contributed by atoms with van der Waals surface area (Å²) in [5.41, 5.74) is 2.09. The second kappa shape index (κ2) is 9.54. The van der Waals surface area contributed by atoms with E-state index in [0.717, 1.165) is 11.1 Å². The van der Waals surface area contributed by atoms with E-state index in [9.17, 15) is 9.59 Å². The zero-order valence-corrected chi connectivity index (χ0v) is 17.3. The molecule has 0 aliphatic carbocycles. The Kier molecular flexibility index (Phi) is 6.86. The number of aromatic nitrogens is 1. The molecule has 5 nitrogen and oxygen atoms in total. The number of nitrogens with zero attached hydrogens (tertiary/aromatic N) is 2. The van der Waals surface area contributed by atoms with Gasteiger partial charge >= 0.3 is 0 Å². The van der Waals surface area contributed by atoms with Crippen LogP contribution < -0.4 is 10.9 Å². The zero-order valence-electron chi connectivity index (χ0n) is 16.5. The average Bonchev–Trinajstić information content (AvgIpc) is 2.71. The molecule has 1 unspecified atom stereocenters. The van der Waals surface area contributed by atoms with Crippen LogP contribution in [0, 0.1) is 0 Å². The lowest BCUT2D eigenvalue weighted by Gasteiger charge is -2.23. The highest BCUT2D eigenvalue weighted by Crippen LogP contribution is 2.17. The Balaban J connectivity index is 1.83. The molecule has 1 aromatic heterocycles. The molecule has 0 aliphatic heterocycles. The van der Waals surface area contributed by atoms with Crippen LogP contribution in [0.15, 0.2) is 77.7 Å². The monoisotopic (exact) mass is 409 g/mol. The molecule has 6 heteroatoms. The van der Waals surface area contributed by atoms with Crippen molar-refractivity contribution < 1.29 is 4.79 Å². The van der Waals surface area contributed by atoms with Crippen molar-refractivity contribution in [3.05, 3.63) is 105 Å². The summed E-state index contributed by atoms with van der Waals surface area (Å²) >= 11 is 6.21. The number of hydrogen-bond acceptors (Lipinski definition) is 3. The normalized spacial score (nSPS) is 12.0. The predicted molar refractivity (Wildman–Crippen MR) is 116 cm³/mol. The largest absolute Gasteiger partial charge is 0.344 e. The van der Waals surface area contributed by atoms with Crippen LogP contribution in [-0.4, -0.2) is 36.0 Å². The topological polar surface area (TPSA) is 54.3 Å². The first-order chi connectivity index (χ1) is 13.9. The Hall–Kier alpha value is -2.89. The SMILES string of the molecule is CN(C)CC(NC(=O)c1ccc(=O)n(Cc2ccccc2Cl)c1)c1ccccc1. The van der Waals surface area contributed by atoms with Crippen LogP contribution in [-0.2, 0) is 6.54 Å². The van der Waals surface area contributed by atoms with Gasteiger partial charge in [-0.05, 0) is 37.4 Å². The molecule has 0 bridgehead atoms. The Morgan fingerprint density at radius 3 is 2.41 bits per heavy atom. The maximum atomic E-state index is 12.9. The molecule has 29 heavy (non-hydrogen) atoms. The molecule has 0 radical (unpaired) electrons. The van der Waals surface area contributed by atoms with Crippen LogP contribution in [0.5, 0.6) is 0 Å². The molecule has 2 aromatic carbocycles.